The maximum absolute atomic E-state index is 14.6. The third kappa shape index (κ3) is 9.94. The van der Waals surface area contributed by atoms with Gasteiger partial charge in [-0.1, -0.05) is 34.1 Å². The molecule has 300 valence electrons. The van der Waals surface area contributed by atoms with Crippen molar-refractivity contribution < 1.29 is 46.0 Å². The molecule has 15 heteroatoms. The van der Waals surface area contributed by atoms with Gasteiger partial charge in [0.2, 0.25) is 17.7 Å². The minimum Gasteiger partial charge on any atom is -0.497 e. The summed E-state index contributed by atoms with van der Waals surface area (Å²) in [6.07, 6.45) is 2.51. The summed E-state index contributed by atoms with van der Waals surface area (Å²) in [7, 11) is -2.97. The van der Waals surface area contributed by atoms with Crippen molar-refractivity contribution in [3.63, 3.8) is 0 Å². The van der Waals surface area contributed by atoms with E-state index in [0.717, 1.165) is 5.39 Å². The predicted molar refractivity (Wildman–Crippen MR) is 202 cm³/mol. The number of hydrogen-bond acceptors (Lipinski definition) is 12. The summed E-state index contributed by atoms with van der Waals surface area (Å²) in [6, 6.07) is 8.22. The number of benzene rings is 1. The van der Waals surface area contributed by atoms with Crippen LogP contribution in [0.4, 0.5) is 0 Å². The second-order valence-corrected chi connectivity index (χ2v) is 18.6. The number of rotatable bonds is 16. The molecule has 14 nitrogen and oxygen atoms in total. The molecule has 2 amide bonds. The number of Topliss-reactive ketones (excluding diaryl/α,β-unsaturated/α-hetero) is 1. The third-order valence-electron chi connectivity index (χ3n) is 10.9. The predicted octanol–water partition coefficient (Wildman–Crippen LogP) is 5.58. The number of amides is 2. The van der Waals surface area contributed by atoms with Crippen molar-refractivity contribution in [1.29, 1.82) is 5.26 Å². The molecule has 2 aliphatic carbocycles. The van der Waals surface area contributed by atoms with Crippen molar-refractivity contribution in [1.82, 2.24) is 14.6 Å². The van der Waals surface area contributed by atoms with Crippen LogP contribution in [0.3, 0.4) is 0 Å². The SMILES string of the molecule is CC[C@@H]1C[C@]1(CC(=O)[C@@H]1C[C@@H](Oc2nccc3cc(OC)ccc23)CN1C(=O)[C@@H](CC(=O)OC(C)(C)C)C(C)(C)C)C(=O)NS(=O)(=O)OC1(CCC#N)CC1. The maximum Gasteiger partial charge on any atom is 0.362 e. The van der Waals surface area contributed by atoms with E-state index in [4.69, 9.17) is 23.7 Å². The first-order valence-corrected chi connectivity index (χ1v) is 20.3. The Morgan fingerprint density at radius 1 is 1.11 bits per heavy atom. The van der Waals surface area contributed by atoms with Gasteiger partial charge in [-0.25, -0.2) is 13.9 Å². The van der Waals surface area contributed by atoms with Crippen molar-refractivity contribution in [2.45, 2.75) is 130 Å². The van der Waals surface area contributed by atoms with Gasteiger partial charge in [-0.3, -0.25) is 19.2 Å². The molecular formula is C40H54N4O10S. The zero-order chi connectivity index (χ0) is 40.6. The highest BCUT2D eigenvalue weighted by Crippen LogP contribution is 2.58. The Hall–Kier alpha value is -4.29. The molecule has 2 saturated carbocycles. The van der Waals surface area contributed by atoms with E-state index in [1.165, 1.54) is 4.90 Å². The van der Waals surface area contributed by atoms with Gasteiger partial charge in [0.05, 0.1) is 49.1 Å². The molecule has 0 unspecified atom stereocenters. The number of nitrogens with one attached hydrogen (secondary N) is 1. The first kappa shape index (κ1) is 41.9. The van der Waals surface area contributed by atoms with Crippen LogP contribution in [0.1, 0.15) is 106 Å². The molecule has 0 radical (unpaired) electrons. The van der Waals surface area contributed by atoms with Crippen molar-refractivity contribution in [2.75, 3.05) is 13.7 Å². The van der Waals surface area contributed by atoms with E-state index < -0.39 is 74.0 Å². The number of ketones is 1. The number of methoxy groups -OCH3 is 1. The Bertz CT molecular complexity index is 1960. The molecular weight excluding hydrogens is 729 g/mol. The fourth-order valence-electron chi connectivity index (χ4n) is 7.64. The lowest BCUT2D eigenvalue weighted by Crippen LogP contribution is -2.49. The monoisotopic (exact) mass is 782 g/mol. The van der Waals surface area contributed by atoms with Gasteiger partial charge in [-0.05, 0) is 87.4 Å². The van der Waals surface area contributed by atoms with Crippen LogP contribution in [0.15, 0.2) is 30.5 Å². The summed E-state index contributed by atoms with van der Waals surface area (Å²) in [5.74, 6) is -2.40. The Balaban J connectivity index is 1.42. The number of aromatic nitrogens is 1. The molecule has 0 bridgehead atoms. The number of likely N-dealkylation sites (tertiary alicyclic amines) is 1. The molecule has 5 atom stereocenters. The average molecular weight is 783 g/mol. The van der Waals surface area contributed by atoms with Crippen LogP contribution in [-0.2, 0) is 38.4 Å². The second kappa shape index (κ2) is 15.7. The van der Waals surface area contributed by atoms with Crippen molar-refractivity contribution in [2.24, 2.45) is 22.7 Å². The highest BCUT2D eigenvalue weighted by Gasteiger charge is 2.62. The van der Waals surface area contributed by atoms with E-state index in [-0.39, 0.29) is 51.0 Å². The van der Waals surface area contributed by atoms with E-state index in [9.17, 15) is 27.6 Å². The Morgan fingerprint density at radius 3 is 2.40 bits per heavy atom. The lowest BCUT2D eigenvalue weighted by molar-refractivity contribution is -0.161. The molecule has 1 aromatic heterocycles. The van der Waals surface area contributed by atoms with Crippen LogP contribution < -0.4 is 14.2 Å². The van der Waals surface area contributed by atoms with E-state index >= 15 is 0 Å². The molecule has 0 spiro atoms. The van der Waals surface area contributed by atoms with E-state index in [0.29, 0.717) is 36.3 Å². The standard InChI is InChI=1S/C40H54N4O10S/c1-9-26-22-40(26,36(48)43-55(49,50)54-39(15-16-39)14-10-17-41)23-32(45)31-20-28(52-34-29-12-11-27(51-8)19-25(29)13-18-42-34)24-44(31)35(47)30(37(2,3)4)21-33(46)53-38(5,6)7/h11-13,18-19,26,28,30-31H,9-10,14-16,20-24H2,1-8H3,(H,43,48)/t26-,28-,30-,31+,40-/m1/s1. The van der Waals surface area contributed by atoms with Crippen LogP contribution in [0.2, 0.25) is 0 Å². The summed E-state index contributed by atoms with van der Waals surface area (Å²) in [5, 5.41) is 10.5. The highest BCUT2D eigenvalue weighted by atomic mass is 32.2. The number of nitriles is 1. The van der Waals surface area contributed by atoms with Crippen LogP contribution in [0.25, 0.3) is 10.8 Å². The molecule has 1 aromatic carbocycles. The summed E-state index contributed by atoms with van der Waals surface area (Å²) in [5.41, 5.74) is -3.81. The fraction of sp³-hybridized carbons (Fsp3) is 0.650. The number of carbonyl (C=O) groups is 4. The minimum atomic E-state index is -4.54. The van der Waals surface area contributed by atoms with Crippen LogP contribution in [-0.4, -0.2) is 78.9 Å². The summed E-state index contributed by atoms with van der Waals surface area (Å²) >= 11 is 0. The number of carbonyl (C=O) groups excluding carboxylic acids is 4. The van der Waals surface area contributed by atoms with Gasteiger partial charge < -0.3 is 19.1 Å². The molecule has 1 aliphatic heterocycles. The Labute approximate surface area is 323 Å². The molecule has 1 N–H and O–H groups in total. The first-order valence-electron chi connectivity index (χ1n) is 18.9. The quantitative estimate of drug-likeness (QED) is 0.209. The maximum atomic E-state index is 14.6. The zero-order valence-corrected chi connectivity index (χ0v) is 33.9. The lowest BCUT2D eigenvalue weighted by atomic mass is 9.77. The minimum absolute atomic E-state index is 0.00770. The molecule has 2 heterocycles. The van der Waals surface area contributed by atoms with Crippen LogP contribution in [0, 0.1) is 34.0 Å². The van der Waals surface area contributed by atoms with E-state index in [1.807, 2.05) is 52.0 Å². The first-order chi connectivity index (χ1) is 25.6. The van der Waals surface area contributed by atoms with Gasteiger partial charge in [0.15, 0.2) is 5.78 Å². The Morgan fingerprint density at radius 2 is 1.82 bits per heavy atom. The van der Waals surface area contributed by atoms with Gasteiger partial charge in [0.1, 0.15) is 17.5 Å². The average Bonchev–Trinajstić information content (AvgIpc) is 3.97. The Kier molecular flexibility index (Phi) is 11.9. The summed E-state index contributed by atoms with van der Waals surface area (Å²) in [6.45, 7) is 12.7. The van der Waals surface area contributed by atoms with Gasteiger partial charge in [-0.2, -0.15) is 13.7 Å². The molecule has 55 heavy (non-hydrogen) atoms. The summed E-state index contributed by atoms with van der Waals surface area (Å²) in [4.78, 5) is 61.9. The highest BCUT2D eigenvalue weighted by molar-refractivity contribution is 7.85. The molecule has 1 saturated heterocycles. The topological polar surface area (TPSA) is 191 Å². The second-order valence-electron chi connectivity index (χ2n) is 17.3. The number of fused-ring (bicyclic) bond motifs is 1. The summed E-state index contributed by atoms with van der Waals surface area (Å²) < 4.78 is 51.0. The smallest absolute Gasteiger partial charge is 0.362 e. The molecule has 3 aliphatic rings. The number of hydrogen-bond donors (Lipinski definition) is 1. The zero-order valence-electron chi connectivity index (χ0n) is 33.1. The normalized spacial score (nSPS) is 23.7. The number of pyridine rings is 1. The third-order valence-corrected chi connectivity index (χ3v) is 11.9. The van der Waals surface area contributed by atoms with E-state index in [2.05, 4.69) is 9.71 Å². The van der Waals surface area contributed by atoms with Crippen LogP contribution in [0.5, 0.6) is 11.6 Å². The van der Waals surface area contributed by atoms with Crippen LogP contribution >= 0.6 is 0 Å². The fourth-order valence-corrected chi connectivity index (χ4v) is 8.83. The number of ether oxygens (including phenoxy) is 3. The molecule has 3 fully saturated rings. The number of nitrogens with zero attached hydrogens (tertiary/aromatic N) is 3. The van der Waals surface area contributed by atoms with Gasteiger partial charge in [-0.15, -0.1) is 0 Å². The number of esters is 1. The van der Waals surface area contributed by atoms with Crippen molar-refractivity contribution >= 4 is 44.6 Å². The van der Waals surface area contributed by atoms with E-state index in [1.54, 1.807) is 40.1 Å². The molecule has 2 aromatic rings. The van der Waals surface area contributed by atoms with Gasteiger partial charge >= 0.3 is 16.3 Å². The van der Waals surface area contributed by atoms with Gasteiger partial charge in [0.25, 0.3) is 0 Å². The molecule has 5 rings (SSSR count). The largest absolute Gasteiger partial charge is 0.497 e. The lowest BCUT2D eigenvalue weighted by Gasteiger charge is -2.35. The van der Waals surface area contributed by atoms with Crippen molar-refractivity contribution in [3.05, 3.63) is 30.5 Å². The van der Waals surface area contributed by atoms with Gasteiger partial charge in [0, 0.05) is 30.8 Å². The van der Waals surface area contributed by atoms with Crippen molar-refractivity contribution in [3.8, 4) is 17.7 Å².